The number of rotatable bonds is 0. The van der Waals surface area contributed by atoms with Crippen LogP contribution in [0.15, 0.2) is 0 Å². The lowest BCUT2D eigenvalue weighted by Gasteiger charge is -1.45. The van der Waals surface area contributed by atoms with E-state index in [0.29, 0.717) is 9.52 Å². The van der Waals surface area contributed by atoms with E-state index in [2.05, 4.69) is 13.1 Å². The van der Waals surface area contributed by atoms with Gasteiger partial charge < -0.3 is 0 Å². The molecule has 0 radical (unpaired) electrons. The molecule has 4 heavy (non-hydrogen) atoms. The van der Waals surface area contributed by atoms with E-state index in [0.717, 1.165) is 0 Å². The van der Waals surface area contributed by atoms with Crippen LogP contribution < -0.4 is 0 Å². The molecule has 0 saturated carbocycles. The molecule has 28 valence electrons. The van der Waals surface area contributed by atoms with Gasteiger partial charge in [-0.25, -0.2) is 0 Å². The van der Waals surface area contributed by atoms with Gasteiger partial charge in [0.15, 0.2) is 0 Å². The third kappa shape index (κ3) is 16.0. The van der Waals surface area contributed by atoms with Crippen LogP contribution in [0.5, 0.6) is 0 Å². The van der Waals surface area contributed by atoms with Crippen molar-refractivity contribution in [3.8, 4) is 0 Å². The minimum Gasteiger partial charge on any atom is -0.114 e. The SMILES string of the molecule is Br.C[SiH2]C. The van der Waals surface area contributed by atoms with E-state index in [1.807, 2.05) is 0 Å². The Hall–Kier alpha value is 0.697. The van der Waals surface area contributed by atoms with E-state index in [1.54, 1.807) is 0 Å². The maximum atomic E-state index is 2.26. The molecule has 0 fully saturated rings. The van der Waals surface area contributed by atoms with Gasteiger partial charge in [0.2, 0.25) is 0 Å². The van der Waals surface area contributed by atoms with Gasteiger partial charge in [-0.05, 0) is 0 Å². The second-order valence-corrected chi connectivity index (χ2v) is 2.12. The summed E-state index contributed by atoms with van der Waals surface area (Å²) in [5.41, 5.74) is 0. The highest BCUT2D eigenvalue weighted by atomic mass is 79.9. The molecule has 0 unspecified atom stereocenters. The Morgan fingerprint density at radius 1 is 1.25 bits per heavy atom. The molecule has 0 atom stereocenters. The van der Waals surface area contributed by atoms with E-state index in [9.17, 15) is 0 Å². The molecular weight excluding hydrogens is 132 g/mol. The number of hydrogen-bond acceptors (Lipinski definition) is 0. The zero-order chi connectivity index (χ0) is 2.71. The molecule has 0 aliphatic heterocycles. The molecule has 0 aliphatic carbocycles. The van der Waals surface area contributed by atoms with Gasteiger partial charge in [-0.3, -0.25) is 0 Å². The summed E-state index contributed by atoms with van der Waals surface area (Å²) >= 11 is 0. The summed E-state index contributed by atoms with van der Waals surface area (Å²) in [7, 11) is 0.417. The molecule has 0 aliphatic rings. The van der Waals surface area contributed by atoms with Gasteiger partial charge >= 0.3 is 0 Å². The van der Waals surface area contributed by atoms with Gasteiger partial charge in [-0.15, -0.1) is 17.0 Å². The predicted molar refractivity (Wildman–Crippen MR) is 30.6 cm³/mol. The molecule has 0 nitrogen and oxygen atoms in total. The second kappa shape index (κ2) is 9.34. The van der Waals surface area contributed by atoms with E-state index in [4.69, 9.17) is 0 Å². The van der Waals surface area contributed by atoms with E-state index < -0.39 is 0 Å². The van der Waals surface area contributed by atoms with Gasteiger partial charge in [0.1, 0.15) is 0 Å². The second-order valence-electron chi connectivity index (χ2n) is 0.707. The zero-order valence-electron chi connectivity index (χ0n) is 3.12. The Morgan fingerprint density at radius 3 is 1.25 bits per heavy atom. The average molecular weight is 141 g/mol. The molecule has 2 heteroatoms. The van der Waals surface area contributed by atoms with Crippen molar-refractivity contribution >= 4 is 26.5 Å². The Balaban J connectivity index is 0. The highest BCUT2D eigenvalue weighted by Gasteiger charge is 1.38. The number of halogens is 1. The van der Waals surface area contributed by atoms with Crippen molar-refractivity contribution in [1.29, 1.82) is 0 Å². The maximum absolute atomic E-state index is 2.26. The summed E-state index contributed by atoms with van der Waals surface area (Å²) in [6, 6.07) is 0. The topological polar surface area (TPSA) is 0 Å². The van der Waals surface area contributed by atoms with Crippen molar-refractivity contribution in [3.05, 3.63) is 0 Å². The third-order valence-electron chi connectivity index (χ3n) is 0. The Labute approximate surface area is 40.2 Å². The minimum absolute atomic E-state index is 0. The van der Waals surface area contributed by atoms with Crippen LogP contribution in [0.1, 0.15) is 0 Å². The highest BCUT2D eigenvalue weighted by Crippen LogP contribution is 1.36. The van der Waals surface area contributed by atoms with Crippen LogP contribution in [0.2, 0.25) is 13.1 Å². The fourth-order valence-corrected chi connectivity index (χ4v) is 0. The summed E-state index contributed by atoms with van der Waals surface area (Å²) in [6.07, 6.45) is 0. The first-order valence-electron chi connectivity index (χ1n) is 1.41. The highest BCUT2D eigenvalue weighted by molar-refractivity contribution is 8.93. The molecule has 0 aromatic heterocycles. The summed E-state index contributed by atoms with van der Waals surface area (Å²) in [4.78, 5) is 0. The zero-order valence-corrected chi connectivity index (χ0v) is 6.24. The lowest BCUT2D eigenvalue weighted by atomic mass is 11.9. The summed E-state index contributed by atoms with van der Waals surface area (Å²) in [5, 5.41) is 0. The van der Waals surface area contributed by atoms with Crippen LogP contribution >= 0.6 is 17.0 Å². The third-order valence-corrected chi connectivity index (χ3v) is 0. The molecule has 0 heterocycles. The molecule has 0 bridgehead atoms. The number of hydrogen-bond donors (Lipinski definition) is 0. The fraction of sp³-hybridized carbons (Fsp3) is 1.00. The molecule has 0 saturated heterocycles. The van der Waals surface area contributed by atoms with Crippen LogP contribution in [0, 0.1) is 0 Å². The van der Waals surface area contributed by atoms with Crippen LogP contribution in [0.25, 0.3) is 0 Å². The fourth-order valence-electron chi connectivity index (χ4n) is 0. The maximum Gasteiger partial charge on any atom is 0.0135 e. The van der Waals surface area contributed by atoms with Gasteiger partial charge in [-0.2, -0.15) is 0 Å². The summed E-state index contributed by atoms with van der Waals surface area (Å²) in [6.45, 7) is 4.53. The van der Waals surface area contributed by atoms with Crippen LogP contribution in [-0.2, 0) is 0 Å². The summed E-state index contributed by atoms with van der Waals surface area (Å²) < 4.78 is 0. The Morgan fingerprint density at radius 2 is 1.25 bits per heavy atom. The predicted octanol–water partition coefficient (Wildman–Crippen LogP) is 0.829. The van der Waals surface area contributed by atoms with Crippen molar-refractivity contribution in [3.63, 3.8) is 0 Å². The molecule has 0 aromatic rings. The van der Waals surface area contributed by atoms with Crippen molar-refractivity contribution in [2.45, 2.75) is 13.1 Å². The van der Waals surface area contributed by atoms with E-state index in [1.165, 1.54) is 0 Å². The van der Waals surface area contributed by atoms with Gasteiger partial charge in [0.25, 0.3) is 0 Å². The quantitative estimate of drug-likeness (QED) is 0.438. The molecule has 0 spiro atoms. The normalized spacial score (nSPS) is 4.50. The van der Waals surface area contributed by atoms with Gasteiger partial charge in [0.05, 0.1) is 0 Å². The molecule has 0 N–H and O–H groups in total. The first-order chi connectivity index (χ1) is 1.41. The lowest BCUT2D eigenvalue weighted by molar-refractivity contribution is 2.14. The standard InChI is InChI=1S/C2H8Si.BrH/c1-3-2;/h3H2,1-2H3;1H. The first-order valence-corrected chi connectivity index (χ1v) is 4.24. The largest absolute Gasteiger partial charge is 0.114 e. The van der Waals surface area contributed by atoms with Crippen molar-refractivity contribution in [1.82, 2.24) is 0 Å². The molecule has 0 rings (SSSR count). The molecule has 0 amide bonds. The monoisotopic (exact) mass is 140 g/mol. The molecular formula is C2H9BrSi. The van der Waals surface area contributed by atoms with E-state index >= 15 is 0 Å². The smallest absolute Gasteiger partial charge is 0.0135 e. The average Bonchev–Trinajstić information content (AvgIpc) is 0.918. The van der Waals surface area contributed by atoms with Gasteiger partial charge in [-0.1, -0.05) is 13.1 Å². The molecule has 0 aromatic carbocycles. The summed E-state index contributed by atoms with van der Waals surface area (Å²) in [5.74, 6) is 0. The first kappa shape index (κ1) is 8.83. The van der Waals surface area contributed by atoms with Crippen LogP contribution in [0.3, 0.4) is 0 Å². The lowest BCUT2D eigenvalue weighted by Crippen LogP contribution is -1.53. The minimum atomic E-state index is 0. The van der Waals surface area contributed by atoms with Crippen molar-refractivity contribution < 1.29 is 0 Å². The van der Waals surface area contributed by atoms with Gasteiger partial charge in [0, 0.05) is 9.52 Å². The van der Waals surface area contributed by atoms with Crippen molar-refractivity contribution in [2.75, 3.05) is 0 Å². The Kier molecular flexibility index (Phi) is 20.6. The van der Waals surface area contributed by atoms with Crippen LogP contribution in [0.4, 0.5) is 0 Å². The van der Waals surface area contributed by atoms with Crippen molar-refractivity contribution in [2.24, 2.45) is 0 Å². The van der Waals surface area contributed by atoms with E-state index in [-0.39, 0.29) is 17.0 Å². The Bertz CT molecular complexity index is 6.00. The van der Waals surface area contributed by atoms with Crippen LogP contribution in [-0.4, -0.2) is 9.52 Å².